The van der Waals surface area contributed by atoms with Gasteiger partial charge in [-0.15, -0.1) is 18.2 Å². The molecule has 0 spiro atoms. The van der Waals surface area contributed by atoms with Crippen LogP contribution in [0.4, 0.5) is 0 Å². The van der Waals surface area contributed by atoms with Crippen molar-refractivity contribution >= 4 is 11.6 Å². The minimum atomic E-state index is -0.433. The summed E-state index contributed by atoms with van der Waals surface area (Å²) in [7, 11) is 0. The van der Waals surface area contributed by atoms with E-state index in [2.05, 4.69) is 6.58 Å². The van der Waals surface area contributed by atoms with E-state index in [1.165, 1.54) is 0 Å². The van der Waals surface area contributed by atoms with Gasteiger partial charge in [0.15, 0.2) is 0 Å². The molecular formula is C7H13ClO2. The Kier molecular flexibility index (Phi) is 7.03. The maximum atomic E-state index is 9.03. The third-order valence-electron chi connectivity index (χ3n) is 0.988. The third kappa shape index (κ3) is 6.08. The van der Waals surface area contributed by atoms with Crippen LogP contribution in [0.2, 0.25) is 0 Å². The van der Waals surface area contributed by atoms with E-state index in [0.717, 1.165) is 0 Å². The van der Waals surface area contributed by atoms with E-state index >= 15 is 0 Å². The monoisotopic (exact) mass is 164 g/mol. The zero-order valence-corrected chi connectivity index (χ0v) is 6.68. The topological polar surface area (TPSA) is 29.5 Å². The molecule has 1 unspecified atom stereocenters. The molecule has 0 saturated carbocycles. The summed E-state index contributed by atoms with van der Waals surface area (Å²) in [6.45, 7) is 4.30. The van der Waals surface area contributed by atoms with Crippen molar-refractivity contribution in [2.45, 2.75) is 12.5 Å². The average molecular weight is 165 g/mol. The zero-order valence-electron chi connectivity index (χ0n) is 5.92. The highest BCUT2D eigenvalue weighted by atomic mass is 35.5. The van der Waals surface area contributed by atoms with Gasteiger partial charge in [-0.3, -0.25) is 0 Å². The van der Waals surface area contributed by atoms with Crippen LogP contribution in [-0.4, -0.2) is 30.3 Å². The highest BCUT2D eigenvalue weighted by Gasteiger charge is 2.00. The van der Waals surface area contributed by atoms with Crippen LogP contribution in [0.25, 0.3) is 0 Å². The standard InChI is InChI=1S/C7H13ClO2/c1-2-5-10-6-7(9)3-4-8/h2,7,9H,1,3-6H2. The number of halogens is 1. The van der Waals surface area contributed by atoms with Gasteiger partial charge in [0, 0.05) is 5.88 Å². The molecular weight excluding hydrogens is 152 g/mol. The van der Waals surface area contributed by atoms with Crippen molar-refractivity contribution in [2.24, 2.45) is 0 Å². The molecule has 10 heavy (non-hydrogen) atoms. The molecule has 0 aromatic rings. The normalized spacial score (nSPS) is 13.0. The average Bonchev–Trinajstić information content (AvgIpc) is 1.89. The molecule has 0 amide bonds. The second-order valence-electron chi connectivity index (χ2n) is 1.96. The van der Waals surface area contributed by atoms with E-state index in [4.69, 9.17) is 21.4 Å². The molecule has 2 nitrogen and oxygen atoms in total. The SMILES string of the molecule is C=CCOCC(O)CCCl. The van der Waals surface area contributed by atoms with Gasteiger partial charge in [-0.05, 0) is 6.42 Å². The highest BCUT2D eigenvalue weighted by molar-refractivity contribution is 6.17. The second-order valence-corrected chi connectivity index (χ2v) is 2.34. The van der Waals surface area contributed by atoms with Gasteiger partial charge in [0.05, 0.1) is 19.3 Å². The zero-order chi connectivity index (χ0) is 7.82. The maximum absolute atomic E-state index is 9.03. The summed E-state index contributed by atoms with van der Waals surface area (Å²) in [4.78, 5) is 0. The summed E-state index contributed by atoms with van der Waals surface area (Å²) < 4.78 is 4.97. The summed E-state index contributed by atoms with van der Waals surface area (Å²) >= 11 is 5.37. The Labute approximate surface area is 66.5 Å². The van der Waals surface area contributed by atoms with Crippen LogP contribution in [0.1, 0.15) is 6.42 Å². The Hall–Kier alpha value is -0.0500. The van der Waals surface area contributed by atoms with Gasteiger partial charge in [-0.25, -0.2) is 0 Å². The summed E-state index contributed by atoms with van der Waals surface area (Å²) in [5, 5.41) is 9.03. The second kappa shape index (κ2) is 7.06. The molecule has 0 heterocycles. The fraction of sp³-hybridized carbons (Fsp3) is 0.714. The molecule has 0 aromatic heterocycles. The number of rotatable bonds is 6. The smallest absolute Gasteiger partial charge is 0.0785 e. The number of ether oxygens (including phenoxy) is 1. The first-order valence-electron chi connectivity index (χ1n) is 3.24. The van der Waals surface area contributed by atoms with Gasteiger partial charge in [0.1, 0.15) is 0 Å². The maximum Gasteiger partial charge on any atom is 0.0785 e. The van der Waals surface area contributed by atoms with Crippen LogP contribution in [0.15, 0.2) is 12.7 Å². The molecule has 0 aliphatic carbocycles. The molecule has 0 bridgehead atoms. The van der Waals surface area contributed by atoms with Crippen molar-refractivity contribution in [3.05, 3.63) is 12.7 Å². The number of hydrogen-bond donors (Lipinski definition) is 1. The first-order valence-corrected chi connectivity index (χ1v) is 3.77. The van der Waals surface area contributed by atoms with E-state index in [-0.39, 0.29) is 0 Å². The Morgan fingerprint density at radius 2 is 2.40 bits per heavy atom. The van der Waals surface area contributed by atoms with E-state index in [0.29, 0.717) is 25.5 Å². The minimum Gasteiger partial charge on any atom is -0.391 e. The highest BCUT2D eigenvalue weighted by Crippen LogP contribution is 1.94. The number of alkyl halides is 1. The number of aliphatic hydroxyl groups excluding tert-OH is 1. The molecule has 0 radical (unpaired) electrons. The Bertz CT molecular complexity index is 85.7. The van der Waals surface area contributed by atoms with E-state index in [9.17, 15) is 0 Å². The van der Waals surface area contributed by atoms with Crippen molar-refractivity contribution < 1.29 is 9.84 Å². The molecule has 0 aromatic carbocycles. The summed E-state index contributed by atoms with van der Waals surface area (Å²) in [6, 6.07) is 0. The lowest BCUT2D eigenvalue weighted by Crippen LogP contribution is -2.15. The fourth-order valence-electron chi connectivity index (χ4n) is 0.497. The Balaban J connectivity index is 3.04. The van der Waals surface area contributed by atoms with E-state index in [1.807, 2.05) is 0 Å². The van der Waals surface area contributed by atoms with Gasteiger partial charge >= 0.3 is 0 Å². The van der Waals surface area contributed by atoms with Crippen LogP contribution in [0.5, 0.6) is 0 Å². The predicted molar refractivity (Wildman–Crippen MR) is 42.4 cm³/mol. The van der Waals surface area contributed by atoms with Crippen molar-refractivity contribution in [1.82, 2.24) is 0 Å². The largest absolute Gasteiger partial charge is 0.391 e. The summed E-state index contributed by atoms with van der Waals surface area (Å²) in [5.41, 5.74) is 0. The van der Waals surface area contributed by atoms with Gasteiger partial charge in [0.25, 0.3) is 0 Å². The van der Waals surface area contributed by atoms with Crippen molar-refractivity contribution in [3.63, 3.8) is 0 Å². The van der Waals surface area contributed by atoms with Crippen LogP contribution in [0.3, 0.4) is 0 Å². The molecule has 0 aliphatic rings. The molecule has 0 saturated heterocycles. The van der Waals surface area contributed by atoms with Crippen LogP contribution < -0.4 is 0 Å². The molecule has 0 rings (SSSR count). The molecule has 60 valence electrons. The van der Waals surface area contributed by atoms with Gasteiger partial charge in [0.2, 0.25) is 0 Å². The lowest BCUT2D eigenvalue weighted by molar-refractivity contribution is 0.0479. The summed E-state index contributed by atoms with van der Waals surface area (Å²) in [6.07, 6.45) is 1.80. The third-order valence-corrected chi connectivity index (χ3v) is 1.21. The molecule has 0 fully saturated rings. The quantitative estimate of drug-likeness (QED) is 0.363. The van der Waals surface area contributed by atoms with Crippen LogP contribution in [0, 0.1) is 0 Å². The van der Waals surface area contributed by atoms with Crippen molar-refractivity contribution in [3.8, 4) is 0 Å². The number of aliphatic hydroxyl groups is 1. The van der Waals surface area contributed by atoms with Gasteiger partial charge in [-0.1, -0.05) is 6.08 Å². The predicted octanol–water partition coefficient (Wildman–Crippen LogP) is 1.18. The van der Waals surface area contributed by atoms with Crippen LogP contribution in [-0.2, 0) is 4.74 Å². The van der Waals surface area contributed by atoms with Crippen LogP contribution >= 0.6 is 11.6 Å². The van der Waals surface area contributed by atoms with E-state index < -0.39 is 6.10 Å². The molecule has 1 N–H and O–H groups in total. The van der Waals surface area contributed by atoms with E-state index in [1.54, 1.807) is 6.08 Å². The summed E-state index contributed by atoms with van der Waals surface area (Å²) in [5.74, 6) is 0.471. The van der Waals surface area contributed by atoms with Gasteiger partial charge in [-0.2, -0.15) is 0 Å². The van der Waals surface area contributed by atoms with Crippen molar-refractivity contribution in [2.75, 3.05) is 19.1 Å². The number of hydrogen-bond acceptors (Lipinski definition) is 2. The van der Waals surface area contributed by atoms with Gasteiger partial charge < -0.3 is 9.84 Å². The Morgan fingerprint density at radius 3 is 2.90 bits per heavy atom. The fourth-order valence-corrected chi connectivity index (χ4v) is 0.749. The minimum absolute atomic E-state index is 0.346. The first-order chi connectivity index (χ1) is 4.81. The lowest BCUT2D eigenvalue weighted by atomic mass is 10.3. The molecule has 1 atom stereocenters. The molecule has 3 heteroatoms. The lowest BCUT2D eigenvalue weighted by Gasteiger charge is -2.06. The van der Waals surface area contributed by atoms with Crippen molar-refractivity contribution in [1.29, 1.82) is 0 Å². The first kappa shape index (κ1) is 9.95. The molecule has 0 aliphatic heterocycles. The Morgan fingerprint density at radius 1 is 1.70 bits per heavy atom.